The third-order valence-electron chi connectivity index (χ3n) is 7.30. The summed E-state index contributed by atoms with van der Waals surface area (Å²) in [7, 11) is 0. The largest absolute Gasteiger partial charge is 0.490 e. The van der Waals surface area contributed by atoms with E-state index in [-0.39, 0.29) is 34.4 Å². The first kappa shape index (κ1) is 25.5. The van der Waals surface area contributed by atoms with Crippen LogP contribution < -0.4 is 9.47 Å². The topological polar surface area (TPSA) is 55.8 Å². The highest BCUT2D eigenvalue weighted by Gasteiger charge is 2.48. The molecule has 0 N–H and O–H groups in total. The molecular weight excluding hydrogens is 438 g/mol. The molecule has 0 amide bonds. The summed E-state index contributed by atoms with van der Waals surface area (Å²) in [4.78, 5) is 29.8. The first-order chi connectivity index (χ1) is 16.4. The number of ether oxygens (including phenoxy) is 2. The first-order valence-electron chi connectivity index (χ1n) is 13.1. The van der Waals surface area contributed by atoms with Gasteiger partial charge in [0.2, 0.25) is 0 Å². The van der Waals surface area contributed by atoms with Crippen LogP contribution in [-0.4, -0.2) is 35.7 Å². The van der Waals surface area contributed by atoms with Crippen molar-refractivity contribution in [3.05, 3.63) is 46.3 Å². The van der Waals surface area contributed by atoms with E-state index in [1.165, 1.54) is 0 Å². The minimum absolute atomic E-state index is 0.0146. The van der Waals surface area contributed by atoms with E-state index in [4.69, 9.17) is 9.47 Å². The minimum Gasteiger partial charge on any atom is -0.490 e. The van der Waals surface area contributed by atoms with E-state index in [1.54, 1.807) is 0 Å². The van der Waals surface area contributed by atoms with Gasteiger partial charge in [0.25, 0.3) is 0 Å². The molecule has 5 heteroatoms. The molecule has 3 aliphatic rings. The van der Waals surface area contributed by atoms with E-state index in [2.05, 4.69) is 39.5 Å². The van der Waals surface area contributed by atoms with Crippen molar-refractivity contribution in [1.82, 2.24) is 4.90 Å². The van der Waals surface area contributed by atoms with Gasteiger partial charge in [-0.15, -0.1) is 0 Å². The highest BCUT2D eigenvalue weighted by atomic mass is 16.5. The molecule has 1 heterocycles. The van der Waals surface area contributed by atoms with E-state index in [0.717, 1.165) is 47.5 Å². The van der Waals surface area contributed by atoms with Crippen molar-refractivity contribution in [2.45, 2.75) is 93.1 Å². The number of hydrogen-bond acceptors (Lipinski definition) is 5. The summed E-state index contributed by atoms with van der Waals surface area (Å²) in [5.74, 6) is 1.30. The van der Waals surface area contributed by atoms with Crippen molar-refractivity contribution in [3.8, 4) is 11.5 Å². The standard InChI is InChI=1S/C30H41NO4/c1-9-31-20-14-29(5,6)16-22(32)27(20)26(28-21(31)15-30(7,8)17-23(28)33)19-11-12-24(35-18(3)4)25(13-19)34-10-2/h11-13,18,26H,9-10,14-17H2,1-8H3. The van der Waals surface area contributed by atoms with Crippen LogP contribution in [0.25, 0.3) is 0 Å². The molecule has 0 saturated carbocycles. The maximum atomic E-state index is 13.7. The Kier molecular flexibility index (Phi) is 6.67. The Labute approximate surface area is 210 Å². The molecule has 0 aromatic heterocycles. The molecule has 4 rings (SSSR count). The highest BCUT2D eigenvalue weighted by molar-refractivity contribution is 6.06. The van der Waals surface area contributed by atoms with Gasteiger partial charge in [0.05, 0.1) is 12.7 Å². The zero-order valence-electron chi connectivity index (χ0n) is 22.7. The predicted octanol–water partition coefficient (Wildman–Crippen LogP) is 6.58. The third kappa shape index (κ3) is 4.79. The predicted molar refractivity (Wildman–Crippen MR) is 139 cm³/mol. The number of rotatable bonds is 6. The molecule has 1 aliphatic heterocycles. The normalized spacial score (nSPS) is 21.9. The van der Waals surface area contributed by atoms with Crippen molar-refractivity contribution >= 4 is 11.6 Å². The molecule has 190 valence electrons. The lowest BCUT2D eigenvalue weighted by Crippen LogP contribution is -2.44. The van der Waals surface area contributed by atoms with Gasteiger partial charge < -0.3 is 14.4 Å². The van der Waals surface area contributed by atoms with Crippen LogP contribution in [-0.2, 0) is 9.59 Å². The van der Waals surface area contributed by atoms with Crippen molar-refractivity contribution in [2.24, 2.45) is 10.8 Å². The molecule has 5 nitrogen and oxygen atoms in total. The fourth-order valence-corrected chi connectivity index (χ4v) is 6.09. The Hall–Kier alpha value is -2.56. The Morgan fingerprint density at radius 1 is 0.886 bits per heavy atom. The fraction of sp³-hybridized carbons (Fsp3) is 0.600. The summed E-state index contributed by atoms with van der Waals surface area (Å²) in [6, 6.07) is 5.94. The van der Waals surface area contributed by atoms with Crippen molar-refractivity contribution in [1.29, 1.82) is 0 Å². The molecule has 0 spiro atoms. The van der Waals surface area contributed by atoms with E-state index in [0.29, 0.717) is 30.9 Å². The second-order valence-corrected chi connectivity index (χ2v) is 12.1. The van der Waals surface area contributed by atoms with Crippen LogP contribution in [0, 0.1) is 10.8 Å². The molecule has 2 aliphatic carbocycles. The smallest absolute Gasteiger partial charge is 0.162 e. The zero-order chi connectivity index (χ0) is 25.7. The van der Waals surface area contributed by atoms with Gasteiger partial charge >= 0.3 is 0 Å². The summed E-state index contributed by atoms with van der Waals surface area (Å²) in [5.41, 5.74) is 4.53. The van der Waals surface area contributed by atoms with Gasteiger partial charge in [0, 0.05) is 47.8 Å². The second-order valence-electron chi connectivity index (χ2n) is 12.1. The number of allylic oxidation sites excluding steroid dienone is 4. The van der Waals surface area contributed by atoms with E-state index < -0.39 is 0 Å². The Morgan fingerprint density at radius 2 is 1.43 bits per heavy atom. The van der Waals surface area contributed by atoms with Crippen molar-refractivity contribution in [2.75, 3.05) is 13.2 Å². The van der Waals surface area contributed by atoms with Gasteiger partial charge in [-0.05, 0) is 69.1 Å². The highest BCUT2D eigenvalue weighted by Crippen LogP contribution is 2.54. The minimum atomic E-state index is -0.359. The van der Waals surface area contributed by atoms with E-state index in [1.807, 2.05) is 39.0 Å². The van der Waals surface area contributed by atoms with Gasteiger partial charge in [-0.1, -0.05) is 33.8 Å². The molecule has 0 atom stereocenters. The van der Waals surface area contributed by atoms with Crippen LogP contribution in [0.1, 0.15) is 92.6 Å². The number of hydrogen-bond donors (Lipinski definition) is 0. The molecule has 0 saturated heterocycles. The molecule has 0 radical (unpaired) electrons. The van der Waals surface area contributed by atoms with Crippen molar-refractivity contribution in [3.63, 3.8) is 0 Å². The van der Waals surface area contributed by atoms with Crippen LogP contribution in [0.2, 0.25) is 0 Å². The molecule has 0 unspecified atom stereocenters. The summed E-state index contributed by atoms with van der Waals surface area (Å²) >= 11 is 0. The molecule has 35 heavy (non-hydrogen) atoms. The number of carbonyl (C=O) groups is 2. The fourth-order valence-electron chi connectivity index (χ4n) is 6.09. The van der Waals surface area contributed by atoms with Crippen LogP contribution in [0.3, 0.4) is 0 Å². The first-order valence-corrected chi connectivity index (χ1v) is 13.1. The summed E-state index contributed by atoms with van der Waals surface area (Å²) in [5, 5.41) is 0. The lowest BCUT2D eigenvalue weighted by Gasteiger charge is -2.48. The summed E-state index contributed by atoms with van der Waals surface area (Å²) in [6.45, 7) is 18.0. The second kappa shape index (κ2) is 9.15. The van der Waals surface area contributed by atoms with Gasteiger partial charge in [0.1, 0.15) is 0 Å². The van der Waals surface area contributed by atoms with Crippen molar-refractivity contribution < 1.29 is 19.1 Å². The summed E-state index contributed by atoms with van der Waals surface area (Å²) in [6.07, 6.45) is 2.66. The molecule has 1 aromatic carbocycles. The van der Waals surface area contributed by atoms with Crippen LogP contribution >= 0.6 is 0 Å². The van der Waals surface area contributed by atoms with Crippen LogP contribution in [0.4, 0.5) is 0 Å². The number of ketones is 2. The lowest BCUT2D eigenvalue weighted by molar-refractivity contribution is -0.119. The third-order valence-corrected chi connectivity index (χ3v) is 7.30. The maximum Gasteiger partial charge on any atom is 0.162 e. The summed E-state index contributed by atoms with van der Waals surface area (Å²) < 4.78 is 12.0. The van der Waals surface area contributed by atoms with Gasteiger partial charge in [0.15, 0.2) is 23.1 Å². The SMILES string of the molecule is CCOc1cc(C2C3=C(CC(C)(C)CC3=O)N(CC)C3=C2C(=O)CC(C)(C)C3)ccc1OC(C)C. The van der Waals surface area contributed by atoms with Crippen LogP contribution in [0.15, 0.2) is 40.7 Å². The van der Waals surface area contributed by atoms with Gasteiger partial charge in [-0.3, -0.25) is 9.59 Å². The number of carbonyl (C=O) groups excluding carboxylic acids is 2. The van der Waals surface area contributed by atoms with Gasteiger partial charge in [-0.2, -0.15) is 0 Å². The monoisotopic (exact) mass is 479 g/mol. The maximum absolute atomic E-state index is 13.7. The molecule has 0 fully saturated rings. The number of Topliss-reactive ketones (excluding diaryl/α,β-unsaturated/α-hetero) is 2. The average Bonchev–Trinajstić information content (AvgIpc) is 2.72. The average molecular weight is 480 g/mol. The van der Waals surface area contributed by atoms with Gasteiger partial charge in [-0.25, -0.2) is 0 Å². The lowest BCUT2D eigenvalue weighted by atomic mass is 9.63. The Balaban J connectivity index is 1.95. The number of benzene rings is 1. The Bertz CT molecular complexity index is 1050. The van der Waals surface area contributed by atoms with Crippen LogP contribution in [0.5, 0.6) is 11.5 Å². The van der Waals surface area contributed by atoms with E-state index in [9.17, 15) is 9.59 Å². The molecule has 0 bridgehead atoms. The molecular formula is C30H41NO4. The Morgan fingerprint density at radius 3 is 1.89 bits per heavy atom. The zero-order valence-corrected chi connectivity index (χ0v) is 22.7. The van der Waals surface area contributed by atoms with E-state index >= 15 is 0 Å². The molecule has 1 aromatic rings. The number of nitrogens with zero attached hydrogens (tertiary/aromatic N) is 1. The quantitative estimate of drug-likeness (QED) is 0.461.